The van der Waals surface area contributed by atoms with Crippen molar-refractivity contribution in [2.75, 3.05) is 0 Å². The average molecular weight is 882 g/mol. The van der Waals surface area contributed by atoms with Crippen molar-refractivity contribution in [2.45, 2.75) is 0 Å². The Hall–Kier alpha value is -6.47. The Kier molecular flexibility index (Phi) is 10.5. The van der Waals surface area contributed by atoms with Crippen LogP contribution >= 0.6 is 0 Å². The Labute approximate surface area is 337 Å². The second kappa shape index (κ2) is 16.3. The monoisotopic (exact) mass is 881 g/mol. The summed E-state index contributed by atoms with van der Waals surface area (Å²) in [6.45, 7) is 0. The number of aromatic nitrogens is 2. The van der Waals surface area contributed by atoms with Gasteiger partial charge in [-0.15, -0.1) is 81.9 Å². The summed E-state index contributed by atoms with van der Waals surface area (Å²) in [5.41, 5.74) is 17.0. The van der Waals surface area contributed by atoms with Crippen LogP contribution in [0.4, 0.5) is 0 Å². The fourth-order valence-corrected chi connectivity index (χ4v) is 7.16. The van der Waals surface area contributed by atoms with E-state index in [2.05, 4.69) is 182 Å². The largest absolute Gasteiger partial charge is 2.00 e. The number of hydrogen-bond acceptors (Lipinski definition) is 2. The molecule has 3 heteroatoms. The van der Waals surface area contributed by atoms with Gasteiger partial charge in [-0.05, 0) is 57.6 Å². The molecule has 2 nitrogen and oxygen atoms in total. The van der Waals surface area contributed by atoms with E-state index in [1.165, 1.54) is 11.1 Å². The Morgan fingerprint density at radius 2 is 0.655 bits per heavy atom. The van der Waals surface area contributed by atoms with Gasteiger partial charge in [0.1, 0.15) is 0 Å². The molecule has 0 aliphatic heterocycles. The molecule has 0 bridgehead atoms. The summed E-state index contributed by atoms with van der Waals surface area (Å²) in [5.74, 6) is 0. The SMILES string of the molecule is [Pt+2].[c-]1c(-c2ccccc2-c2[c-]c(-c3cc(-c4ccccc4)ccc3-c3ccccn3)ccc2)cccc1-c1cc(-c2ccccc2)ccc1-c1ccccn1. The number of hydrogen-bond donors (Lipinski definition) is 0. The first kappa shape index (κ1) is 35.6. The molecule has 0 amide bonds. The van der Waals surface area contributed by atoms with Crippen LogP contribution in [0.25, 0.3) is 89.3 Å². The molecule has 0 N–H and O–H groups in total. The van der Waals surface area contributed by atoms with Crippen LogP contribution in [0.15, 0.2) is 207 Å². The molecule has 0 aliphatic rings. The van der Waals surface area contributed by atoms with Crippen LogP contribution in [0.1, 0.15) is 0 Å². The summed E-state index contributed by atoms with van der Waals surface area (Å²) in [4.78, 5) is 9.46. The van der Waals surface area contributed by atoms with E-state index in [-0.39, 0.29) is 21.1 Å². The molecule has 262 valence electrons. The third-order valence-corrected chi connectivity index (χ3v) is 9.81. The Balaban J connectivity index is 0.00000427. The van der Waals surface area contributed by atoms with Crippen molar-refractivity contribution in [1.29, 1.82) is 0 Å². The van der Waals surface area contributed by atoms with Crippen LogP contribution in [-0.4, -0.2) is 9.97 Å². The standard InChI is InChI=1S/C52H34N2.Pt/c1-3-15-37(16-4-1)39-27-29-47(51-25-9-11-31-53-51)49(35-39)43-21-13-19-41(33-43)45-23-7-8-24-46(45)42-20-14-22-44(34-42)50-36-40(38-17-5-2-6-18-38)28-30-48(50)52-26-10-12-32-54-52;/h1-32,35-36H;/q-2;+2. The van der Waals surface area contributed by atoms with Gasteiger partial charge in [0, 0.05) is 12.4 Å². The summed E-state index contributed by atoms with van der Waals surface area (Å²) in [6, 6.07) is 75.5. The third-order valence-electron chi connectivity index (χ3n) is 9.81. The van der Waals surface area contributed by atoms with Gasteiger partial charge in [-0.25, -0.2) is 0 Å². The first-order valence-electron chi connectivity index (χ1n) is 18.2. The van der Waals surface area contributed by atoms with E-state index >= 15 is 0 Å². The summed E-state index contributed by atoms with van der Waals surface area (Å²) < 4.78 is 0. The second-order valence-electron chi connectivity index (χ2n) is 13.2. The van der Waals surface area contributed by atoms with E-state index < -0.39 is 0 Å². The van der Waals surface area contributed by atoms with Gasteiger partial charge in [-0.1, -0.05) is 145 Å². The third kappa shape index (κ3) is 7.51. The number of rotatable bonds is 8. The smallest absolute Gasteiger partial charge is 0.257 e. The van der Waals surface area contributed by atoms with Gasteiger partial charge in [-0.3, -0.25) is 9.97 Å². The molecule has 0 saturated heterocycles. The average Bonchev–Trinajstić information content (AvgIpc) is 3.27. The van der Waals surface area contributed by atoms with Crippen LogP contribution in [0.5, 0.6) is 0 Å². The Morgan fingerprint density at radius 1 is 0.273 bits per heavy atom. The van der Waals surface area contributed by atoms with Gasteiger partial charge in [-0.2, -0.15) is 0 Å². The van der Waals surface area contributed by atoms with Crippen LogP contribution in [-0.2, 0) is 21.1 Å². The van der Waals surface area contributed by atoms with E-state index in [1.54, 1.807) is 0 Å². The molecule has 2 heterocycles. The Bertz CT molecular complexity index is 2500. The first-order valence-corrected chi connectivity index (χ1v) is 18.2. The maximum atomic E-state index is 4.73. The molecule has 0 saturated carbocycles. The van der Waals surface area contributed by atoms with Crippen molar-refractivity contribution in [2.24, 2.45) is 0 Å². The summed E-state index contributed by atoms with van der Waals surface area (Å²) >= 11 is 0. The van der Waals surface area contributed by atoms with Crippen molar-refractivity contribution in [3.05, 3.63) is 219 Å². The van der Waals surface area contributed by atoms with Crippen LogP contribution in [0.3, 0.4) is 0 Å². The number of pyridine rings is 2. The number of nitrogens with zero attached hydrogens (tertiary/aromatic N) is 2. The fourth-order valence-electron chi connectivity index (χ4n) is 7.16. The summed E-state index contributed by atoms with van der Waals surface area (Å²) in [6.07, 6.45) is 3.70. The molecule has 7 aromatic carbocycles. The van der Waals surface area contributed by atoms with E-state index in [9.17, 15) is 0 Å². The van der Waals surface area contributed by atoms with Gasteiger partial charge in [0.05, 0.1) is 11.4 Å². The molecular weight excluding hydrogens is 848 g/mol. The molecule has 55 heavy (non-hydrogen) atoms. The van der Waals surface area contributed by atoms with E-state index in [0.29, 0.717) is 0 Å². The summed E-state index contributed by atoms with van der Waals surface area (Å²) in [5, 5.41) is 0. The van der Waals surface area contributed by atoms with E-state index in [0.717, 1.165) is 78.1 Å². The molecule has 0 fully saturated rings. The summed E-state index contributed by atoms with van der Waals surface area (Å²) in [7, 11) is 0. The van der Waals surface area contributed by atoms with Crippen molar-refractivity contribution >= 4 is 0 Å². The van der Waals surface area contributed by atoms with Crippen LogP contribution < -0.4 is 0 Å². The van der Waals surface area contributed by atoms with Crippen LogP contribution in [0.2, 0.25) is 0 Å². The fraction of sp³-hybridized carbons (Fsp3) is 0. The van der Waals surface area contributed by atoms with Crippen molar-refractivity contribution in [1.82, 2.24) is 9.97 Å². The molecule has 0 atom stereocenters. The first-order chi connectivity index (χ1) is 26.8. The van der Waals surface area contributed by atoms with Gasteiger partial charge in [0.2, 0.25) is 0 Å². The molecule has 9 aromatic rings. The number of benzene rings is 7. The predicted octanol–water partition coefficient (Wildman–Crippen LogP) is 13.4. The molecule has 0 unspecified atom stereocenters. The van der Waals surface area contributed by atoms with Crippen molar-refractivity contribution in [3.63, 3.8) is 0 Å². The van der Waals surface area contributed by atoms with Crippen molar-refractivity contribution < 1.29 is 21.1 Å². The minimum absolute atomic E-state index is 0. The molecule has 0 aliphatic carbocycles. The van der Waals surface area contributed by atoms with E-state index in [4.69, 9.17) is 9.97 Å². The molecule has 2 aromatic heterocycles. The van der Waals surface area contributed by atoms with E-state index in [1.807, 2.05) is 36.7 Å². The zero-order valence-corrected chi connectivity index (χ0v) is 32.1. The van der Waals surface area contributed by atoms with Gasteiger partial charge < -0.3 is 0 Å². The quantitative estimate of drug-likeness (QED) is 0.142. The molecule has 0 radical (unpaired) electrons. The van der Waals surface area contributed by atoms with Gasteiger partial charge in [0.25, 0.3) is 0 Å². The maximum Gasteiger partial charge on any atom is 2.00 e. The molecule has 0 spiro atoms. The molecular formula is C52H34N2Pt. The minimum Gasteiger partial charge on any atom is -0.257 e. The van der Waals surface area contributed by atoms with Gasteiger partial charge >= 0.3 is 21.1 Å². The molecule has 9 rings (SSSR count). The Morgan fingerprint density at radius 3 is 1.05 bits per heavy atom. The van der Waals surface area contributed by atoms with Crippen LogP contribution in [0, 0.1) is 12.1 Å². The minimum atomic E-state index is 0. The normalized spacial score (nSPS) is 10.8. The van der Waals surface area contributed by atoms with Gasteiger partial charge in [0.15, 0.2) is 0 Å². The van der Waals surface area contributed by atoms with Crippen molar-refractivity contribution in [3.8, 4) is 89.3 Å². The zero-order valence-electron chi connectivity index (χ0n) is 29.8. The maximum absolute atomic E-state index is 4.73. The zero-order chi connectivity index (χ0) is 36.1. The second-order valence-corrected chi connectivity index (χ2v) is 13.2. The topological polar surface area (TPSA) is 25.8 Å². The predicted molar refractivity (Wildman–Crippen MR) is 223 cm³/mol.